The second-order valence-corrected chi connectivity index (χ2v) is 11.7. The normalized spacial score (nSPS) is 11.9. The van der Waals surface area contributed by atoms with Crippen LogP contribution in [0.1, 0.15) is 0 Å². The molecule has 0 fully saturated rings. The number of hydrogen-bond donors (Lipinski definition) is 1. The molecule has 0 unspecified atom stereocenters. The first kappa shape index (κ1) is 26.4. The number of hydrogen-bond acceptors (Lipinski definition) is 2. The van der Waals surface area contributed by atoms with Crippen LogP contribution in [0.5, 0.6) is 17.2 Å². The Morgan fingerprint density at radius 1 is 0.478 bits per heavy atom. The molecule has 3 nitrogen and oxygen atoms in total. The molecule has 2 heterocycles. The summed E-state index contributed by atoms with van der Waals surface area (Å²) < 4.78 is 8.64. The summed E-state index contributed by atoms with van der Waals surface area (Å²) in [5, 5.41) is 13.9. The van der Waals surface area contributed by atoms with Crippen LogP contribution in [0.2, 0.25) is 0 Å². The van der Waals surface area contributed by atoms with Crippen LogP contribution in [-0.2, 0) is 0 Å². The standard InChI is InChI=1S/C42H27BNO2/c45-39-26-31(44-37-17-6-4-14-32(37)33-15-5-7-18-38(33)44)21-22-34(39)35-16-9-19-41-42(35)43-36-25-30(20-23-40(36)46-41)29-13-8-12-28(24-29)27-10-2-1-3-11-27/h1-26,45H. The number of phenolic OH excluding ortho intramolecular Hbond substituents is 1. The molecule has 1 aliphatic rings. The SMILES string of the molecule is Oc1cc(-n2c3ccccc3c3ccccc32)ccc1-c1cccc2c1[B]c1cc(-c3cccc(-c4ccccc4)c3)ccc1O2. The van der Waals surface area contributed by atoms with Crippen molar-refractivity contribution in [2.24, 2.45) is 0 Å². The van der Waals surface area contributed by atoms with Crippen molar-refractivity contribution in [3.63, 3.8) is 0 Å². The van der Waals surface area contributed by atoms with Gasteiger partial charge in [-0.15, -0.1) is 0 Å². The minimum Gasteiger partial charge on any atom is -0.507 e. The number of benzene rings is 7. The molecule has 9 rings (SSSR count). The summed E-state index contributed by atoms with van der Waals surface area (Å²) in [5.74, 6) is 1.81. The molecule has 0 spiro atoms. The van der Waals surface area contributed by atoms with E-state index in [1.165, 1.54) is 21.9 Å². The largest absolute Gasteiger partial charge is 0.507 e. The van der Waals surface area contributed by atoms with E-state index in [4.69, 9.17) is 4.74 Å². The van der Waals surface area contributed by atoms with Crippen LogP contribution in [0.3, 0.4) is 0 Å². The Kier molecular flexibility index (Phi) is 6.07. The van der Waals surface area contributed by atoms with Gasteiger partial charge in [-0.1, -0.05) is 109 Å². The second kappa shape index (κ2) is 10.6. The van der Waals surface area contributed by atoms with Crippen molar-refractivity contribution >= 4 is 40.0 Å². The Labute approximate surface area is 267 Å². The molecule has 215 valence electrons. The van der Waals surface area contributed by atoms with Gasteiger partial charge in [0.2, 0.25) is 7.28 Å². The van der Waals surface area contributed by atoms with Crippen LogP contribution in [0.25, 0.3) is 60.9 Å². The summed E-state index contributed by atoms with van der Waals surface area (Å²) in [7, 11) is 2.17. The van der Waals surface area contributed by atoms with E-state index in [2.05, 4.69) is 127 Å². The third kappa shape index (κ3) is 4.30. The average molecular weight is 588 g/mol. The van der Waals surface area contributed by atoms with Gasteiger partial charge in [-0.05, 0) is 81.2 Å². The molecule has 0 saturated carbocycles. The summed E-state index contributed by atoms with van der Waals surface area (Å²) in [6.45, 7) is 0. The number of nitrogens with zero attached hydrogens (tertiary/aromatic N) is 1. The molecule has 0 saturated heterocycles. The number of para-hydroxylation sites is 2. The van der Waals surface area contributed by atoms with Crippen molar-refractivity contribution in [1.82, 2.24) is 4.57 Å². The highest BCUT2D eigenvalue weighted by Gasteiger charge is 2.23. The lowest BCUT2D eigenvalue weighted by Gasteiger charge is -2.23. The van der Waals surface area contributed by atoms with Crippen LogP contribution in [0, 0.1) is 0 Å². The van der Waals surface area contributed by atoms with Gasteiger partial charge in [0.1, 0.15) is 17.2 Å². The molecule has 0 aliphatic carbocycles. The summed E-state index contributed by atoms with van der Waals surface area (Å²) in [5.41, 5.74) is 11.4. The van der Waals surface area contributed by atoms with Crippen LogP contribution >= 0.6 is 0 Å². The van der Waals surface area contributed by atoms with Gasteiger partial charge in [0.25, 0.3) is 0 Å². The predicted molar refractivity (Wildman–Crippen MR) is 190 cm³/mol. The van der Waals surface area contributed by atoms with Crippen LogP contribution in [-0.4, -0.2) is 17.0 Å². The van der Waals surface area contributed by atoms with Gasteiger partial charge in [-0.3, -0.25) is 0 Å². The van der Waals surface area contributed by atoms with Crippen molar-refractivity contribution < 1.29 is 9.84 Å². The maximum absolute atomic E-state index is 11.5. The van der Waals surface area contributed by atoms with Gasteiger partial charge in [-0.2, -0.15) is 0 Å². The first-order valence-electron chi connectivity index (χ1n) is 15.5. The number of ether oxygens (including phenoxy) is 1. The number of aromatic hydroxyl groups is 1. The zero-order valence-corrected chi connectivity index (χ0v) is 24.9. The van der Waals surface area contributed by atoms with E-state index in [0.29, 0.717) is 0 Å². The molecular weight excluding hydrogens is 561 g/mol. The lowest BCUT2D eigenvalue weighted by atomic mass is 9.59. The van der Waals surface area contributed by atoms with Crippen molar-refractivity contribution in [2.45, 2.75) is 0 Å². The minimum absolute atomic E-state index is 0.221. The third-order valence-electron chi connectivity index (χ3n) is 9.01. The molecule has 1 aliphatic heterocycles. The van der Waals surface area contributed by atoms with E-state index in [-0.39, 0.29) is 5.75 Å². The van der Waals surface area contributed by atoms with Crippen LogP contribution in [0.15, 0.2) is 158 Å². The molecule has 1 N–H and O–H groups in total. The zero-order valence-electron chi connectivity index (χ0n) is 24.9. The zero-order chi connectivity index (χ0) is 30.6. The molecule has 0 atom stereocenters. The third-order valence-corrected chi connectivity index (χ3v) is 9.01. The Bertz CT molecular complexity index is 2390. The summed E-state index contributed by atoms with van der Waals surface area (Å²) in [6.07, 6.45) is 0. The van der Waals surface area contributed by atoms with Crippen LogP contribution in [0.4, 0.5) is 0 Å². The maximum atomic E-state index is 11.5. The molecule has 1 aromatic heterocycles. The molecule has 4 heteroatoms. The highest BCUT2D eigenvalue weighted by Crippen LogP contribution is 2.37. The molecule has 46 heavy (non-hydrogen) atoms. The van der Waals surface area contributed by atoms with E-state index in [1.807, 2.05) is 42.5 Å². The highest BCUT2D eigenvalue weighted by atomic mass is 16.5. The quantitative estimate of drug-likeness (QED) is 0.208. The smallest absolute Gasteiger partial charge is 0.202 e. The number of rotatable bonds is 4. The Morgan fingerprint density at radius 3 is 1.89 bits per heavy atom. The highest BCUT2D eigenvalue weighted by molar-refractivity contribution is 6.71. The molecule has 0 amide bonds. The lowest BCUT2D eigenvalue weighted by molar-refractivity contribution is 0.477. The fourth-order valence-electron chi connectivity index (χ4n) is 6.82. The summed E-state index contributed by atoms with van der Waals surface area (Å²) in [4.78, 5) is 0. The monoisotopic (exact) mass is 588 g/mol. The van der Waals surface area contributed by atoms with Crippen molar-refractivity contribution in [2.75, 3.05) is 0 Å². The van der Waals surface area contributed by atoms with Gasteiger partial charge in [0.15, 0.2) is 0 Å². The number of phenols is 1. The van der Waals surface area contributed by atoms with Gasteiger partial charge in [0, 0.05) is 28.1 Å². The second-order valence-electron chi connectivity index (χ2n) is 11.7. The van der Waals surface area contributed by atoms with Gasteiger partial charge >= 0.3 is 0 Å². The Morgan fingerprint density at radius 2 is 1.13 bits per heavy atom. The van der Waals surface area contributed by atoms with E-state index in [9.17, 15) is 5.11 Å². The molecular formula is C42H27BNO2. The fraction of sp³-hybridized carbons (Fsp3) is 0. The van der Waals surface area contributed by atoms with E-state index >= 15 is 0 Å². The summed E-state index contributed by atoms with van der Waals surface area (Å²) >= 11 is 0. The first-order valence-corrected chi connectivity index (χ1v) is 15.5. The average Bonchev–Trinajstić information content (AvgIpc) is 3.45. The van der Waals surface area contributed by atoms with E-state index < -0.39 is 0 Å². The lowest BCUT2D eigenvalue weighted by Crippen LogP contribution is -2.35. The van der Waals surface area contributed by atoms with Gasteiger partial charge in [-0.25, -0.2) is 0 Å². The number of fused-ring (bicyclic) bond motifs is 5. The Balaban J connectivity index is 1.09. The van der Waals surface area contributed by atoms with Crippen molar-refractivity contribution in [1.29, 1.82) is 0 Å². The number of aromatic nitrogens is 1. The van der Waals surface area contributed by atoms with E-state index in [0.717, 1.165) is 61.4 Å². The predicted octanol–water partition coefficient (Wildman–Crippen LogP) is 9.25. The van der Waals surface area contributed by atoms with Gasteiger partial charge < -0.3 is 14.4 Å². The van der Waals surface area contributed by atoms with Crippen LogP contribution < -0.4 is 15.7 Å². The fourth-order valence-corrected chi connectivity index (χ4v) is 6.82. The topological polar surface area (TPSA) is 34.4 Å². The van der Waals surface area contributed by atoms with E-state index in [1.54, 1.807) is 0 Å². The maximum Gasteiger partial charge on any atom is 0.202 e. The molecule has 1 radical (unpaired) electrons. The van der Waals surface area contributed by atoms with Gasteiger partial charge in [0.05, 0.1) is 11.0 Å². The first-order chi connectivity index (χ1) is 22.7. The summed E-state index contributed by atoms with van der Waals surface area (Å²) in [6, 6.07) is 54.2. The minimum atomic E-state index is 0.221. The Hall–Kier alpha value is -6.00. The van der Waals surface area contributed by atoms with Crippen molar-refractivity contribution in [3.8, 4) is 56.3 Å². The molecule has 8 aromatic rings. The van der Waals surface area contributed by atoms with Crippen molar-refractivity contribution in [3.05, 3.63) is 158 Å². The molecule has 7 aromatic carbocycles. The molecule has 0 bridgehead atoms.